The fourth-order valence-corrected chi connectivity index (χ4v) is 3.11. The molecule has 0 aliphatic heterocycles. The Bertz CT molecular complexity index is 874. The van der Waals surface area contributed by atoms with Crippen molar-refractivity contribution < 1.29 is 9.34 Å². The highest BCUT2D eigenvalue weighted by atomic mass is 32.2. The average Bonchev–Trinajstić information content (AvgIpc) is 3.24. The van der Waals surface area contributed by atoms with E-state index in [1.54, 1.807) is 18.5 Å². The van der Waals surface area contributed by atoms with Gasteiger partial charge in [0.15, 0.2) is 5.16 Å². The van der Waals surface area contributed by atoms with Gasteiger partial charge in [-0.05, 0) is 32.9 Å². The second-order valence-corrected chi connectivity index (χ2v) is 6.93. The van der Waals surface area contributed by atoms with Crippen molar-refractivity contribution in [3.63, 3.8) is 0 Å². The van der Waals surface area contributed by atoms with Crippen LogP contribution in [0.3, 0.4) is 0 Å². The summed E-state index contributed by atoms with van der Waals surface area (Å²) in [5.74, 6) is 0.777. The van der Waals surface area contributed by atoms with E-state index >= 15 is 0 Å². The topological polar surface area (TPSA) is 113 Å². The highest BCUT2D eigenvalue weighted by Crippen LogP contribution is 2.35. The van der Waals surface area contributed by atoms with E-state index in [0.29, 0.717) is 17.3 Å². The smallest absolute Gasteiger partial charge is 0.269 e. The third-order valence-corrected chi connectivity index (χ3v) is 4.55. The van der Waals surface area contributed by atoms with Crippen molar-refractivity contribution >= 4 is 17.4 Å². The molecule has 130 valence electrons. The molecule has 0 bridgehead atoms. The minimum atomic E-state index is -0.452. The maximum Gasteiger partial charge on any atom is 0.269 e. The van der Waals surface area contributed by atoms with Crippen LogP contribution in [0.2, 0.25) is 0 Å². The molecule has 0 saturated heterocycles. The summed E-state index contributed by atoms with van der Waals surface area (Å²) < 4.78 is 7.68. The predicted molar refractivity (Wildman–Crippen MR) is 91.1 cm³/mol. The number of hydrogen-bond acceptors (Lipinski definition) is 8. The highest BCUT2D eigenvalue weighted by molar-refractivity contribution is 7.99. The number of non-ortho nitro benzene ring substituents is 1. The van der Waals surface area contributed by atoms with E-state index in [4.69, 9.17) is 4.42 Å². The molecular formula is C15H16N6O3S. The van der Waals surface area contributed by atoms with Gasteiger partial charge in [0, 0.05) is 23.7 Å². The van der Waals surface area contributed by atoms with Gasteiger partial charge in [0.1, 0.15) is 6.33 Å². The molecule has 0 aliphatic rings. The zero-order chi connectivity index (χ0) is 18.0. The summed E-state index contributed by atoms with van der Waals surface area (Å²) in [7, 11) is 0. The molecular weight excluding hydrogens is 344 g/mol. The van der Waals surface area contributed by atoms with Crippen molar-refractivity contribution in [1.29, 1.82) is 0 Å². The van der Waals surface area contributed by atoms with Gasteiger partial charge in [0.2, 0.25) is 11.8 Å². The van der Waals surface area contributed by atoms with Crippen molar-refractivity contribution in [3.8, 4) is 11.5 Å². The van der Waals surface area contributed by atoms with E-state index in [2.05, 4.69) is 34.2 Å². The van der Waals surface area contributed by atoms with Gasteiger partial charge in [-0.1, -0.05) is 11.8 Å². The Morgan fingerprint density at radius 1 is 1.16 bits per heavy atom. The highest BCUT2D eigenvalue weighted by Gasteiger charge is 2.20. The lowest BCUT2D eigenvalue weighted by atomic mass is 10.2. The Morgan fingerprint density at radius 2 is 1.88 bits per heavy atom. The summed E-state index contributed by atoms with van der Waals surface area (Å²) >= 11 is 1.48. The van der Waals surface area contributed by atoms with E-state index in [9.17, 15) is 10.1 Å². The summed E-state index contributed by atoms with van der Waals surface area (Å²) in [6.45, 7) is 6.05. The summed E-state index contributed by atoms with van der Waals surface area (Å²) in [6.07, 6.45) is 1.69. The Labute approximate surface area is 147 Å². The fraction of sp³-hybridized carbons (Fsp3) is 0.333. The summed E-state index contributed by atoms with van der Waals surface area (Å²) in [6, 6.07) is 6.24. The Balaban J connectivity index is 1.76. The number of benzene rings is 1. The zero-order valence-electron chi connectivity index (χ0n) is 13.9. The first-order valence-electron chi connectivity index (χ1n) is 7.60. The lowest BCUT2D eigenvalue weighted by Crippen LogP contribution is -2.02. The van der Waals surface area contributed by atoms with E-state index in [1.807, 2.05) is 11.5 Å². The molecule has 2 aromatic heterocycles. The largest absolute Gasteiger partial charge is 0.419 e. The van der Waals surface area contributed by atoms with E-state index in [1.165, 1.54) is 23.9 Å². The van der Waals surface area contributed by atoms with Crippen LogP contribution in [0.15, 0.2) is 40.2 Å². The minimum absolute atomic E-state index is 0.0143. The summed E-state index contributed by atoms with van der Waals surface area (Å²) in [5, 5.41) is 27.5. The van der Waals surface area contributed by atoms with Gasteiger partial charge in [-0.2, -0.15) is 0 Å². The van der Waals surface area contributed by atoms with Crippen LogP contribution >= 0.6 is 11.8 Å². The first-order valence-corrected chi connectivity index (χ1v) is 8.48. The molecule has 3 rings (SSSR count). The molecule has 25 heavy (non-hydrogen) atoms. The number of nitro benzene ring substituents is 1. The molecule has 0 unspecified atom stereocenters. The molecule has 9 nitrogen and oxygen atoms in total. The van der Waals surface area contributed by atoms with Gasteiger partial charge in [-0.25, -0.2) is 0 Å². The normalized spacial score (nSPS) is 12.5. The number of thioether (sulfide) groups is 1. The molecule has 3 aromatic rings. The number of hydrogen-bond donors (Lipinski definition) is 0. The van der Waals surface area contributed by atoms with Crippen LogP contribution in [0.25, 0.3) is 11.5 Å². The number of rotatable bonds is 6. The minimum Gasteiger partial charge on any atom is -0.419 e. The van der Waals surface area contributed by atoms with Crippen LogP contribution in [0, 0.1) is 10.1 Å². The second-order valence-electron chi connectivity index (χ2n) is 5.62. The molecule has 0 saturated carbocycles. The van der Waals surface area contributed by atoms with Crippen LogP contribution in [-0.4, -0.2) is 29.9 Å². The third kappa shape index (κ3) is 3.68. The fourth-order valence-electron chi connectivity index (χ4n) is 2.12. The van der Waals surface area contributed by atoms with Crippen molar-refractivity contribution in [2.24, 2.45) is 0 Å². The van der Waals surface area contributed by atoms with Gasteiger partial charge in [0.05, 0.1) is 10.2 Å². The summed E-state index contributed by atoms with van der Waals surface area (Å²) in [5.41, 5.74) is 0.646. The molecule has 0 aliphatic carbocycles. The van der Waals surface area contributed by atoms with E-state index < -0.39 is 4.92 Å². The monoisotopic (exact) mass is 360 g/mol. The quantitative estimate of drug-likeness (QED) is 0.372. The van der Waals surface area contributed by atoms with Crippen LogP contribution in [-0.2, 0) is 0 Å². The van der Waals surface area contributed by atoms with Crippen molar-refractivity contribution in [2.45, 2.75) is 37.2 Å². The molecule has 10 heteroatoms. The lowest BCUT2D eigenvalue weighted by molar-refractivity contribution is -0.384. The standard InChI is InChI=1S/C15H16N6O3S/c1-9(2)20-8-16-19-15(20)25-10(3)13-17-18-14(24-13)11-4-6-12(7-5-11)21(22)23/h4-10H,1-3H3/t10-/m0/s1. The van der Waals surface area contributed by atoms with E-state index in [0.717, 1.165) is 5.16 Å². The van der Waals surface area contributed by atoms with Crippen LogP contribution in [0.4, 0.5) is 5.69 Å². The maximum atomic E-state index is 10.7. The van der Waals surface area contributed by atoms with Crippen molar-refractivity contribution in [3.05, 3.63) is 46.6 Å². The molecule has 0 amide bonds. The average molecular weight is 360 g/mol. The van der Waals surface area contributed by atoms with Crippen LogP contribution in [0.5, 0.6) is 0 Å². The van der Waals surface area contributed by atoms with Crippen LogP contribution < -0.4 is 0 Å². The SMILES string of the molecule is CC(C)n1cnnc1S[C@@H](C)c1nnc(-c2ccc([N+](=O)[O-])cc2)o1. The van der Waals surface area contributed by atoms with Gasteiger partial charge < -0.3 is 8.98 Å². The molecule has 0 fully saturated rings. The van der Waals surface area contributed by atoms with Crippen molar-refractivity contribution in [2.75, 3.05) is 0 Å². The maximum absolute atomic E-state index is 10.7. The molecule has 0 spiro atoms. The first kappa shape index (κ1) is 17.1. The Hall–Kier alpha value is -2.75. The first-order chi connectivity index (χ1) is 12.0. The van der Waals surface area contributed by atoms with E-state index in [-0.39, 0.29) is 17.0 Å². The molecule has 1 atom stereocenters. The van der Waals surface area contributed by atoms with Crippen molar-refractivity contribution in [1.82, 2.24) is 25.0 Å². The molecule has 1 aromatic carbocycles. The number of nitro groups is 1. The number of nitrogens with zero attached hydrogens (tertiary/aromatic N) is 6. The zero-order valence-corrected chi connectivity index (χ0v) is 14.7. The van der Waals surface area contributed by atoms with Gasteiger partial charge >= 0.3 is 0 Å². The van der Waals surface area contributed by atoms with Gasteiger partial charge in [-0.3, -0.25) is 10.1 Å². The molecule has 2 heterocycles. The third-order valence-electron chi connectivity index (χ3n) is 3.49. The Kier molecular flexibility index (Phi) is 4.79. The van der Waals surface area contributed by atoms with Gasteiger partial charge in [-0.15, -0.1) is 20.4 Å². The molecule has 0 radical (unpaired) electrons. The Morgan fingerprint density at radius 3 is 2.52 bits per heavy atom. The predicted octanol–water partition coefficient (Wildman–Crippen LogP) is 3.67. The second kappa shape index (κ2) is 7.01. The lowest BCUT2D eigenvalue weighted by Gasteiger charge is -2.11. The van der Waals surface area contributed by atoms with Crippen LogP contribution in [0.1, 0.15) is 38.0 Å². The molecule has 0 N–H and O–H groups in total. The number of aromatic nitrogens is 5. The van der Waals surface area contributed by atoms with Gasteiger partial charge in [0.25, 0.3) is 5.69 Å². The summed E-state index contributed by atoms with van der Waals surface area (Å²) in [4.78, 5) is 10.3.